The third-order valence-electron chi connectivity index (χ3n) is 6.38. The Hall–Kier alpha value is -4.08. The molecule has 174 valence electrons. The Morgan fingerprint density at radius 2 is 1.97 bits per heavy atom. The van der Waals surface area contributed by atoms with E-state index in [1.165, 1.54) is 24.1 Å². The van der Waals surface area contributed by atoms with E-state index in [1.807, 2.05) is 0 Å². The molecule has 1 saturated heterocycles. The number of amides is 4. The van der Waals surface area contributed by atoms with E-state index in [2.05, 4.69) is 20.9 Å². The zero-order valence-electron chi connectivity index (χ0n) is 18.4. The molecule has 0 bridgehead atoms. The zero-order chi connectivity index (χ0) is 23.9. The topological polar surface area (TPSA) is 112 Å². The van der Waals surface area contributed by atoms with Crippen molar-refractivity contribution in [3.05, 3.63) is 76.7 Å². The molecule has 0 radical (unpaired) electrons. The summed E-state index contributed by atoms with van der Waals surface area (Å²) in [6.07, 6.45) is 2.36. The van der Waals surface area contributed by atoms with Crippen LogP contribution in [0.4, 0.5) is 9.18 Å². The molecule has 2 aromatic rings. The van der Waals surface area contributed by atoms with Gasteiger partial charge in [0.25, 0.3) is 11.8 Å². The maximum atomic E-state index is 13.4. The molecule has 3 aliphatic rings. The lowest BCUT2D eigenvalue weighted by Crippen LogP contribution is -2.56. The second-order valence-corrected chi connectivity index (χ2v) is 8.46. The number of urea groups is 1. The minimum atomic E-state index is -1.61. The van der Waals surface area contributed by atoms with Crippen LogP contribution in [0.15, 0.2) is 64.5 Å². The van der Waals surface area contributed by atoms with Gasteiger partial charge in [0.1, 0.15) is 11.6 Å². The van der Waals surface area contributed by atoms with Crippen molar-refractivity contribution in [1.29, 1.82) is 0 Å². The first-order valence-corrected chi connectivity index (χ1v) is 10.8. The highest BCUT2D eigenvalue weighted by molar-refractivity contribution is 6.10. The van der Waals surface area contributed by atoms with Gasteiger partial charge in [-0.3, -0.25) is 14.9 Å². The lowest BCUT2D eigenvalue weighted by Gasteiger charge is -2.31. The van der Waals surface area contributed by atoms with Crippen LogP contribution in [0, 0.1) is 5.82 Å². The van der Waals surface area contributed by atoms with Crippen molar-refractivity contribution >= 4 is 17.8 Å². The lowest BCUT2D eigenvalue weighted by atomic mass is 9.88. The molecule has 5 rings (SSSR count). The molecule has 0 aliphatic carbocycles. The predicted molar refractivity (Wildman–Crippen MR) is 119 cm³/mol. The molecule has 1 unspecified atom stereocenters. The number of halogens is 1. The van der Waals surface area contributed by atoms with E-state index >= 15 is 0 Å². The fourth-order valence-electron chi connectivity index (χ4n) is 4.58. The van der Waals surface area contributed by atoms with Gasteiger partial charge in [0, 0.05) is 18.0 Å². The number of imide groups is 1. The van der Waals surface area contributed by atoms with Crippen molar-refractivity contribution in [2.45, 2.75) is 24.4 Å². The average molecular weight is 463 g/mol. The van der Waals surface area contributed by atoms with Gasteiger partial charge in [-0.15, -0.1) is 0 Å². The number of carbonyl (C=O) groups excluding carboxylic acids is 3. The van der Waals surface area contributed by atoms with E-state index in [-0.39, 0.29) is 36.4 Å². The third kappa shape index (κ3) is 3.70. The molecule has 3 heterocycles. The molecule has 9 nitrogen and oxygen atoms in total. The first-order valence-electron chi connectivity index (χ1n) is 10.8. The fraction of sp³-hybridized carbons (Fsp3) is 0.292. The van der Waals surface area contributed by atoms with Crippen molar-refractivity contribution in [2.75, 3.05) is 20.2 Å². The molecule has 0 spiro atoms. The van der Waals surface area contributed by atoms with E-state index in [0.717, 1.165) is 11.1 Å². The van der Waals surface area contributed by atoms with Gasteiger partial charge in [0.05, 0.1) is 25.9 Å². The van der Waals surface area contributed by atoms with Crippen LogP contribution in [0.1, 0.15) is 33.8 Å². The van der Waals surface area contributed by atoms with Crippen molar-refractivity contribution in [1.82, 2.24) is 15.5 Å². The molecule has 0 saturated carbocycles. The number of hydrogen-bond donors (Lipinski definition) is 2. The Morgan fingerprint density at radius 3 is 2.68 bits per heavy atom. The molecule has 3 aliphatic heterocycles. The van der Waals surface area contributed by atoms with Gasteiger partial charge in [-0.2, -0.15) is 10.2 Å². The number of azo groups is 1. The molecule has 0 aromatic heterocycles. The number of nitrogens with one attached hydrogen (secondary N) is 2. The summed E-state index contributed by atoms with van der Waals surface area (Å²) in [5.41, 5.74) is 0.753. The number of ether oxygens (including phenoxy) is 1. The van der Waals surface area contributed by atoms with Crippen LogP contribution < -0.4 is 15.4 Å². The summed E-state index contributed by atoms with van der Waals surface area (Å²) in [6, 6.07) is 10.7. The van der Waals surface area contributed by atoms with Crippen molar-refractivity contribution < 1.29 is 23.5 Å². The van der Waals surface area contributed by atoms with Gasteiger partial charge >= 0.3 is 6.03 Å². The van der Waals surface area contributed by atoms with Crippen molar-refractivity contribution in [3.8, 4) is 5.75 Å². The standard InChI is InChI=1S/C24H22FN5O4/c1-34-18-7-4-16-12-30(21(31)19(16)11-18)13-24(22(32)27-23(33)28-24)20-10-15(8-9-26-29-20)14-2-5-17(25)6-3-14/h2-7,10-11,15H,8-9,12-13H2,1H3,(H2,27,28,32,33)/t15?,24-/m0/s1. The van der Waals surface area contributed by atoms with Crippen molar-refractivity contribution in [2.24, 2.45) is 10.2 Å². The Labute approximate surface area is 194 Å². The Morgan fingerprint density at radius 1 is 1.18 bits per heavy atom. The number of hydrogen-bond acceptors (Lipinski definition) is 6. The molecule has 2 N–H and O–H groups in total. The Kier molecular flexibility index (Phi) is 5.35. The summed E-state index contributed by atoms with van der Waals surface area (Å²) in [5, 5.41) is 13.4. The minimum Gasteiger partial charge on any atom is -0.497 e. The molecule has 10 heteroatoms. The van der Waals surface area contributed by atoms with E-state index in [0.29, 0.717) is 24.3 Å². The highest BCUT2D eigenvalue weighted by atomic mass is 19.1. The summed E-state index contributed by atoms with van der Waals surface area (Å²) in [4.78, 5) is 40.0. The number of rotatable bonds is 5. The number of fused-ring (bicyclic) bond motifs is 1. The number of carbonyl (C=O) groups is 3. The highest BCUT2D eigenvalue weighted by Gasteiger charge is 2.52. The molecule has 1 fully saturated rings. The van der Waals surface area contributed by atoms with Crippen LogP contribution in [-0.2, 0) is 11.3 Å². The molecule has 2 atom stereocenters. The molecular weight excluding hydrogens is 441 g/mol. The van der Waals surface area contributed by atoms with Gasteiger partial charge in [0.15, 0.2) is 5.54 Å². The van der Waals surface area contributed by atoms with Gasteiger partial charge in [-0.1, -0.05) is 24.3 Å². The number of nitrogens with zero attached hydrogens (tertiary/aromatic N) is 3. The van der Waals surface area contributed by atoms with Crippen LogP contribution in [0.25, 0.3) is 0 Å². The second kappa shape index (κ2) is 8.36. The average Bonchev–Trinajstić information content (AvgIpc) is 3.15. The van der Waals surface area contributed by atoms with Crippen molar-refractivity contribution in [3.63, 3.8) is 0 Å². The Balaban J connectivity index is 1.51. The van der Waals surface area contributed by atoms with Crippen LogP contribution in [-0.4, -0.2) is 48.5 Å². The zero-order valence-corrected chi connectivity index (χ0v) is 18.4. The summed E-state index contributed by atoms with van der Waals surface area (Å²) < 4.78 is 18.7. The first-order chi connectivity index (χ1) is 16.4. The summed E-state index contributed by atoms with van der Waals surface area (Å²) in [5.74, 6) is -0.882. The smallest absolute Gasteiger partial charge is 0.322 e. The van der Waals surface area contributed by atoms with E-state index in [4.69, 9.17) is 4.74 Å². The molecule has 2 aromatic carbocycles. The number of allylic oxidation sites excluding steroid dienone is 1. The monoisotopic (exact) mass is 463 g/mol. The summed E-state index contributed by atoms with van der Waals surface area (Å²) in [6.45, 7) is 0.540. The van der Waals surface area contributed by atoms with Crippen LogP contribution >= 0.6 is 0 Å². The number of benzene rings is 2. The first kappa shape index (κ1) is 21.7. The third-order valence-corrected chi connectivity index (χ3v) is 6.38. The minimum absolute atomic E-state index is 0.124. The van der Waals surface area contributed by atoms with Gasteiger partial charge < -0.3 is 15.0 Å². The van der Waals surface area contributed by atoms with Crippen LogP contribution in [0.2, 0.25) is 0 Å². The molecule has 4 amide bonds. The van der Waals surface area contributed by atoms with Gasteiger partial charge in [-0.25, -0.2) is 9.18 Å². The lowest BCUT2D eigenvalue weighted by molar-refractivity contribution is -0.123. The SMILES string of the molecule is COc1ccc2c(c1)C(=O)N(C[C@@]1(C3=CC(c4ccc(F)cc4)CCN=N3)NC(=O)NC1=O)C2. The Bertz CT molecular complexity index is 1240. The van der Waals surface area contributed by atoms with Crippen LogP contribution in [0.3, 0.4) is 0 Å². The molecule has 34 heavy (non-hydrogen) atoms. The summed E-state index contributed by atoms with van der Waals surface area (Å²) >= 11 is 0. The highest BCUT2D eigenvalue weighted by Crippen LogP contribution is 2.35. The van der Waals surface area contributed by atoms with E-state index in [1.54, 1.807) is 36.4 Å². The fourth-order valence-corrected chi connectivity index (χ4v) is 4.58. The quantitative estimate of drug-likeness (QED) is 0.664. The normalized spacial score (nSPS) is 23.8. The van der Waals surface area contributed by atoms with E-state index in [9.17, 15) is 18.8 Å². The maximum absolute atomic E-state index is 13.4. The maximum Gasteiger partial charge on any atom is 0.322 e. The van der Waals surface area contributed by atoms with Gasteiger partial charge in [0.2, 0.25) is 0 Å². The largest absolute Gasteiger partial charge is 0.497 e. The summed E-state index contributed by atoms with van der Waals surface area (Å²) in [7, 11) is 1.52. The second-order valence-electron chi connectivity index (χ2n) is 8.46. The van der Waals surface area contributed by atoms with Gasteiger partial charge in [-0.05, 0) is 41.8 Å². The molecular formula is C24H22FN5O4. The predicted octanol–water partition coefficient (Wildman–Crippen LogP) is 2.89. The van der Waals surface area contributed by atoms with Crippen LogP contribution in [0.5, 0.6) is 5.75 Å². The number of methoxy groups -OCH3 is 1. The van der Waals surface area contributed by atoms with E-state index < -0.39 is 17.5 Å².